The van der Waals surface area contributed by atoms with Crippen molar-refractivity contribution in [2.24, 2.45) is 0 Å². The van der Waals surface area contributed by atoms with Crippen LogP contribution in [-0.4, -0.2) is 28.7 Å². The Balaban J connectivity index is 1.65. The van der Waals surface area contributed by atoms with Gasteiger partial charge in [0.15, 0.2) is 0 Å². The normalized spacial score (nSPS) is 23.6. The highest BCUT2D eigenvalue weighted by atomic mass is 16.3. The molecule has 0 amide bonds. The molecule has 1 N–H and O–H groups in total. The number of benzene rings is 1. The van der Waals surface area contributed by atoms with Crippen LogP contribution in [0.4, 0.5) is 0 Å². The average Bonchev–Trinajstić information content (AvgIpc) is 2.39. The third kappa shape index (κ3) is 2.60. The predicted molar refractivity (Wildman–Crippen MR) is 73.5 cm³/mol. The molecule has 0 saturated heterocycles. The highest BCUT2D eigenvalue weighted by Crippen LogP contribution is 2.30. The Morgan fingerprint density at radius 2 is 1.78 bits per heavy atom. The largest absolute Gasteiger partial charge is 0.389 e. The number of fused-ring (bicyclic) bond motifs is 1. The molecule has 2 aliphatic rings. The van der Waals surface area contributed by atoms with Crippen LogP contribution >= 0.6 is 0 Å². The fraction of sp³-hybridized carbons (Fsp3) is 0.625. The molecular weight excluding hydrogens is 222 g/mol. The molecule has 2 heteroatoms. The summed E-state index contributed by atoms with van der Waals surface area (Å²) in [4.78, 5) is 2.44. The molecule has 98 valence electrons. The van der Waals surface area contributed by atoms with Crippen molar-refractivity contribution in [2.75, 3.05) is 13.1 Å². The van der Waals surface area contributed by atoms with E-state index >= 15 is 0 Å². The van der Waals surface area contributed by atoms with E-state index in [1.165, 1.54) is 30.4 Å². The fourth-order valence-electron chi connectivity index (χ4n) is 3.47. The van der Waals surface area contributed by atoms with E-state index in [4.69, 9.17) is 0 Å². The molecule has 2 nitrogen and oxygen atoms in total. The first-order valence-corrected chi connectivity index (χ1v) is 7.27. The van der Waals surface area contributed by atoms with Gasteiger partial charge in [-0.15, -0.1) is 0 Å². The Kier molecular flexibility index (Phi) is 3.40. The van der Waals surface area contributed by atoms with Crippen molar-refractivity contribution in [2.45, 2.75) is 50.7 Å². The molecule has 1 heterocycles. The van der Waals surface area contributed by atoms with Crippen molar-refractivity contribution >= 4 is 0 Å². The summed E-state index contributed by atoms with van der Waals surface area (Å²) in [7, 11) is 0. The second-order valence-corrected chi connectivity index (χ2v) is 6.01. The lowest BCUT2D eigenvalue weighted by molar-refractivity contribution is -0.0291. The lowest BCUT2D eigenvalue weighted by Gasteiger charge is -2.38. The van der Waals surface area contributed by atoms with E-state index < -0.39 is 5.60 Å². The number of rotatable bonds is 2. The topological polar surface area (TPSA) is 23.5 Å². The monoisotopic (exact) mass is 245 g/mol. The molecule has 1 aromatic carbocycles. The van der Waals surface area contributed by atoms with Gasteiger partial charge in [0.1, 0.15) is 0 Å². The van der Waals surface area contributed by atoms with E-state index in [1.54, 1.807) is 0 Å². The highest BCUT2D eigenvalue weighted by Gasteiger charge is 2.32. The summed E-state index contributed by atoms with van der Waals surface area (Å²) in [5, 5.41) is 10.6. The quantitative estimate of drug-likeness (QED) is 0.866. The van der Waals surface area contributed by atoms with Gasteiger partial charge < -0.3 is 5.11 Å². The summed E-state index contributed by atoms with van der Waals surface area (Å²) in [6, 6.07) is 8.72. The Bertz CT molecular complexity index is 409. The first-order valence-electron chi connectivity index (χ1n) is 7.27. The van der Waals surface area contributed by atoms with Gasteiger partial charge in [0, 0.05) is 19.6 Å². The van der Waals surface area contributed by atoms with Gasteiger partial charge in [-0.05, 0) is 30.4 Å². The van der Waals surface area contributed by atoms with Gasteiger partial charge in [-0.25, -0.2) is 0 Å². The van der Waals surface area contributed by atoms with Gasteiger partial charge in [-0.2, -0.15) is 0 Å². The minimum Gasteiger partial charge on any atom is -0.389 e. The van der Waals surface area contributed by atoms with Gasteiger partial charge >= 0.3 is 0 Å². The molecular formula is C16H23NO. The van der Waals surface area contributed by atoms with Crippen molar-refractivity contribution in [3.63, 3.8) is 0 Å². The van der Waals surface area contributed by atoms with E-state index in [1.807, 2.05) is 0 Å². The summed E-state index contributed by atoms with van der Waals surface area (Å²) in [5.74, 6) is 0. The molecule has 0 unspecified atom stereocenters. The van der Waals surface area contributed by atoms with Crippen molar-refractivity contribution in [3.8, 4) is 0 Å². The van der Waals surface area contributed by atoms with E-state index in [-0.39, 0.29) is 0 Å². The fourth-order valence-corrected chi connectivity index (χ4v) is 3.47. The highest BCUT2D eigenvalue weighted by molar-refractivity contribution is 5.29. The smallest absolute Gasteiger partial charge is 0.0774 e. The van der Waals surface area contributed by atoms with E-state index in [0.29, 0.717) is 0 Å². The molecule has 1 fully saturated rings. The van der Waals surface area contributed by atoms with Crippen LogP contribution in [0.15, 0.2) is 24.3 Å². The van der Waals surface area contributed by atoms with E-state index in [0.717, 1.165) is 38.9 Å². The van der Waals surface area contributed by atoms with Crippen LogP contribution in [0.25, 0.3) is 0 Å². The van der Waals surface area contributed by atoms with Crippen LogP contribution in [0.5, 0.6) is 0 Å². The molecule has 1 saturated carbocycles. The van der Waals surface area contributed by atoms with Crippen LogP contribution in [0.2, 0.25) is 0 Å². The maximum absolute atomic E-state index is 10.6. The molecule has 0 spiro atoms. The molecule has 1 aromatic rings. The zero-order valence-corrected chi connectivity index (χ0v) is 11.1. The summed E-state index contributed by atoms with van der Waals surface area (Å²) in [6.45, 7) is 2.97. The van der Waals surface area contributed by atoms with Crippen molar-refractivity contribution < 1.29 is 5.11 Å². The van der Waals surface area contributed by atoms with E-state index in [2.05, 4.69) is 29.2 Å². The Morgan fingerprint density at radius 1 is 1.06 bits per heavy atom. The molecule has 18 heavy (non-hydrogen) atoms. The minimum absolute atomic E-state index is 0.412. The third-order valence-electron chi connectivity index (χ3n) is 4.51. The lowest BCUT2D eigenvalue weighted by Crippen LogP contribution is -2.46. The predicted octanol–water partition coefficient (Wildman–Crippen LogP) is 2.74. The zero-order valence-electron chi connectivity index (χ0n) is 11.1. The molecule has 0 radical (unpaired) electrons. The lowest BCUT2D eigenvalue weighted by atomic mass is 9.84. The average molecular weight is 245 g/mol. The van der Waals surface area contributed by atoms with Crippen molar-refractivity contribution in [3.05, 3.63) is 35.4 Å². The number of aliphatic hydroxyl groups is 1. The number of nitrogens with zero attached hydrogens (tertiary/aromatic N) is 1. The molecule has 3 rings (SSSR count). The maximum atomic E-state index is 10.6. The number of hydrogen-bond donors (Lipinski definition) is 1. The Morgan fingerprint density at radius 3 is 2.56 bits per heavy atom. The minimum atomic E-state index is -0.412. The summed E-state index contributed by atoms with van der Waals surface area (Å²) >= 11 is 0. The Labute approximate surface area is 110 Å². The first-order chi connectivity index (χ1) is 8.75. The molecule has 0 bridgehead atoms. The molecule has 0 aromatic heterocycles. The summed E-state index contributed by atoms with van der Waals surface area (Å²) < 4.78 is 0. The summed E-state index contributed by atoms with van der Waals surface area (Å²) in [6.07, 6.45) is 6.80. The molecule has 1 aliphatic heterocycles. The van der Waals surface area contributed by atoms with Gasteiger partial charge in [-0.3, -0.25) is 4.90 Å². The maximum Gasteiger partial charge on any atom is 0.0774 e. The van der Waals surface area contributed by atoms with Crippen LogP contribution in [0.1, 0.15) is 43.2 Å². The second-order valence-electron chi connectivity index (χ2n) is 6.01. The standard InChI is InChI=1S/C16H23NO/c18-16(9-4-1-5-10-16)13-17-11-8-14-6-2-3-7-15(14)12-17/h2-3,6-7,18H,1,4-5,8-13H2. The van der Waals surface area contributed by atoms with Gasteiger partial charge in [0.2, 0.25) is 0 Å². The first kappa shape index (κ1) is 12.2. The molecule has 0 atom stereocenters. The van der Waals surface area contributed by atoms with E-state index in [9.17, 15) is 5.11 Å². The van der Waals surface area contributed by atoms with Crippen LogP contribution in [0, 0.1) is 0 Å². The van der Waals surface area contributed by atoms with Gasteiger partial charge in [-0.1, -0.05) is 43.5 Å². The zero-order chi connectivity index (χ0) is 12.4. The second kappa shape index (κ2) is 5.02. The van der Waals surface area contributed by atoms with Gasteiger partial charge in [0.05, 0.1) is 5.60 Å². The SMILES string of the molecule is OC1(CN2CCc3ccccc3C2)CCCCC1. The van der Waals surface area contributed by atoms with Crippen LogP contribution < -0.4 is 0 Å². The summed E-state index contributed by atoms with van der Waals surface area (Å²) in [5.41, 5.74) is 2.53. The van der Waals surface area contributed by atoms with Crippen molar-refractivity contribution in [1.29, 1.82) is 0 Å². The van der Waals surface area contributed by atoms with Crippen LogP contribution in [-0.2, 0) is 13.0 Å². The number of hydrogen-bond acceptors (Lipinski definition) is 2. The van der Waals surface area contributed by atoms with Crippen molar-refractivity contribution in [1.82, 2.24) is 4.90 Å². The number of β-amino-alcohol motifs (C(OH)–C–C–N with tert-alkyl or cyclic N) is 1. The third-order valence-corrected chi connectivity index (χ3v) is 4.51. The Hall–Kier alpha value is -0.860. The van der Waals surface area contributed by atoms with Gasteiger partial charge in [0.25, 0.3) is 0 Å². The molecule has 1 aliphatic carbocycles. The van der Waals surface area contributed by atoms with Crippen LogP contribution in [0.3, 0.4) is 0 Å².